The number of morpholine rings is 1. The Balaban J connectivity index is 1.81. The van der Waals surface area contributed by atoms with Crippen molar-refractivity contribution in [1.29, 1.82) is 0 Å². The molecule has 0 saturated carbocycles. The van der Waals surface area contributed by atoms with Crippen LogP contribution < -0.4 is 10.1 Å². The van der Waals surface area contributed by atoms with Crippen LogP contribution in [0.4, 0.5) is 10.1 Å². The minimum atomic E-state index is -0.628. The molecule has 1 heterocycles. The number of para-hydroxylation sites is 1. The molecule has 1 saturated heterocycles. The molecule has 1 N–H and O–H groups in total. The highest BCUT2D eigenvalue weighted by Crippen LogP contribution is 2.21. The van der Waals surface area contributed by atoms with Crippen LogP contribution in [0.2, 0.25) is 0 Å². The molecule has 0 aromatic heterocycles. The number of carbonyl (C=O) groups is 2. The van der Waals surface area contributed by atoms with Gasteiger partial charge in [0.05, 0.1) is 31.5 Å². The maximum atomic E-state index is 14.1. The standard InChI is InChI=1S/C19H19FN2O4/c1-25-17-5-3-2-4-14(17)18(23)21-13-6-7-16(20)15(12-13)19(24)22-8-10-26-11-9-22/h2-7,12H,8-11H2,1H3,(H,21,23). The molecule has 0 bridgehead atoms. The first-order valence-electron chi connectivity index (χ1n) is 8.21. The molecule has 3 rings (SSSR count). The van der Waals surface area contributed by atoms with E-state index in [-0.39, 0.29) is 5.56 Å². The van der Waals surface area contributed by atoms with Crippen molar-refractivity contribution in [1.82, 2.24) is 4.90 Å². The van der Waals surface area contributed by atoms with Crippen LogP contribution in [0, 0.1) is 5.82 Å². The lowest BCUT2D eigenvalue weighted by Gasteiger charge is -2.27. The maximum absolute atomic E-state index is 14.1. The van der Waals surface area contributed by atoms with E-state index < -0.39 is 17.6 Å². The van der Waals surface area contributed by atoms with Gasteiger partial charge in [0.1, 0.15) is 11.6 Å². The number of halogens is 1. The summed E-state index contributed by atoms with van der Waals surface area (Å²) in [5.74, 6) is -1.02. The van der Waals surface area contributed by atoms with Gasteiger partial charge in [-0.15, -0.1) is 0 Å². The fourth-order valence-corrected chi connectivity index (χ4v) is 2.73. The number of ether oxygens (including phenoxy) is 2. The number of benzene rings is 2. The van der Waals surface area contributed by atoms with Crippen LogP contribution in [0.25, 0.3) is 0 Å². The number of hydrogen-bond acceptors (Lipinski definition) is 4. The molecule has 1 aliphatic heterocycles. The molecule has 0 atom stereocenters. The molecule has 0 aliphatic carbocycles. The zero-order valence-electron chi connectivity index (χ0n) is 14.3. The number of amides is 2. The van der Waals surface area contributed by atoms with E-state index in [1.807, 2.05) is 0 Å². The second kappa shape index (κ2) is 7.97. The van der Waals surface area contributed by atoms with Gasteiger partial charge in [-0.3, -0.25) is 9.59 Å². The van der Waals surface area contributed by atoms with Crippen molar-refractivity contribution in [3.8, 4) is 5.75 Å². The number of nitrogens with zero attached hydrogens (tertiary/aromatic N) is 1. The van der Waals surface area contributed by atoms with E-state index in [0.717, 1.165) is 0 Å². The van der Waals surface area contributed by atoms with Crippen LogP contribution in [0.1, 0.15) is 20.7 Å². The highest BCUT2D eigenvalue weighted by molar-refractivity contribution is 6.06. The third kappa shape index (κ3) is 3.83. The van der Waals surface area contributed by atoms with Crippen LogP contribution in [0.5, 0.6) is 5.75 Å². The molecule has 0 unspecified atom stereocenters. The fourth-order valence-electron chi connectivity index (χ4n) is 2.73. The number of methoxy groups -OCH3 is 1. The van der Waals surface area contributed by atoms with Gasteiger partial charge in [0.15, 0.2) is 0 Å². The summed E-state index contributed by atoms with van der Waals surface area (Å²) in [7, 11) is 1.48. The summed E-state index contributed by atoms with van der Waals surface area (Å²) in [5, 5.41) is 2.68. The maximum Gasteiger partial charge on any atom is 0.259 e. The van der Waals surface area contributed by atoms with Gasteiger partial charge in [-0.05, 0) is 30.3 Å². The first-order valence-corrected chi connectivity index (χ1v) is 8.21. The normalized spacial score (nSPS) is 14.0. The Morgan fingerprint density at radius 3 is 2.58 bits per heavy atom. The third-order valence-electron chi connectivity index (χ3n) is 4.10. The lowest BCUT2D eigenvalue weighted by molar-refractivity contribution is 0.0300. The van der Waals surface area contributed by atoms with Crippen LogP contribution in [-0.4, -0.2) is 50.1 Å². The molecule has 2 amide bonds. The van der Waals surface area contributed by atoms with Crippen molar-refractivity contribution >= 4 is 17.5 Å². The van der Waals surface area contributed by atoms with Gasteiger partial charge in [0, 0.05) is 18.8 Å². The number of hydrogen-bond donors (Lipinski definition) is 1. The number of anilines is 1. The van der Waals surface area contributed by atoms with Gasteiger partial charge in [0.2, 0.25) is 0 Å². The Morgan fingerprint density at radius 2 is 1.85 bits per heavy atom. The molecule has 26 heavy (non-hydrogen) atoms. The summed E-state index contributed by atoms with van der Waals surface area (Å²) in [6, 6.07) is 10.7. The van der Waals surface area contributed by atoms with Crippen molar-refractivity contribution in [3.05, 3.63) is 59.4 Å². The summed E-state index contributed by atoms with van der Waals surface area (Å²) >= 11 is 0. The van der Waals surface area contributed by atoms with Gasteiger partial charge < -0.3 is 19.7 Å². The molecule has 136 valence electrons. The lowest BCUT2D eigenvalue weighted by atomic mass is 10.1. The van der Waals surface area contributed by atoms with E-state index in [4.69, 9.17) is 9.47 Å². The third-order valence-corrected chi connectivity index (χ3v) is 4.10. The van der Waals surface area contributed by atoms with E-state index in [1.165, 1.54) is 30.2 Å². The molecule has 2 aromatic rings. The topological polar surface area (TPSA) is 67.9 Å². The average Bonchev–Trinajstić information content (AvgIpc) is 2.69. The average molecular weight is 358 g/mol. The van der Waals surface area contributed by atoms with Crippen LogP contribution in [0.15, 0.2) is 42.5 Å². The zero-order chi connectivity index (χ0) is 18.5. The summed E-state index contributed by atoms with van der Waals surface area (Å²) in [6.07, 6.45) is 0. The predicted octanol–water partition coefficient (Wildman–Crippen LogP) is 2.56. The van der Waals surface area contributed by atoms with Crippen LogP contribution >= 0.6 is 0 Å². The first-order chi connectivity index (χ1) is 12.6. The Labute approximate surface area is 150 Å². The lowest BCUT2D eigenvalue weighted by Crippen LogP contribution is -2.41. The SMILES string of the molecule is COc1ccccc1C(=O)Nc1ccc(F)c(C(=O)N2CCOCC2)c1. The molecular formula is C19H19FN2O4. The van der Waals surface area contributed by atoms with Gasteiger partial charge in [0.25, 0.3) is 11.8 Å². The van der Waals surface area contributed by atoms with Gasteiger partial charge in [-0.1, -0.05) is 12.1 Å². The van der Waals surface area contributed by atoms with Gasteiger partial charge in [-0.2, -0.15) is 0 Å². The van der Waals surface area contributed by atoms with Gasteiger partial charge >= 0.3 is 0 Å². The zero-order valence-corrected chi connectivity index (χ0v) is 14.3. The number of rotatable bonds is 4. The summed E-state index contributed by atoms with van der Waals surface area (Å²) < 4.78 is 24.5. The molecule has 0 spiro atoms. The second-order valence-corrected chi connectivity index (χ2v) is 5.75. The van der Waals surface area contributed by atoms with Crippen molar-refractivity contribution in [2.45, 2.75) is 0 Å². The summed E-state index contributed by atoms with van der Waals surface area (Å²) in [5.41, 5.74) is 0.601. The Kier molecular flexibility index (Phi) is 5.48. The molecule has 2 aromatic carbocycles. The first kappa shape index (κ1) is 17.9. The molecule has 1 aliphatic rings. The Hall–Kier alpha value is -2.93. The quantitative estimate of drug-likeness (QED) is 0.912. The van der Waals surface area contributed by atoms with Crippen LogP contribution in [-0.2, 0) is 4.74 Å². The summed E-state index contributed by atoms with van der Waals surface area (Å²) in [6.45, 7) is 1.68. The Bertz CT molecular complexity index is 819. The Morgan fingerprint density at radius 1 is 1.12 bits per heavy atom. The van der Waals surface area contributed by atoms with Crippen molar-refractivity contribution in [3.63, 3.8) is 0 Å². The molecular weight excluding hydrogens is 339 g/mol. The minimum absolute atomic E-state index is 0.0790. The number of nitrogens with one attached hydrogen (secondary N) is 1. The summed E-state index contributed by atoms with van der Waals surface area (Å²) in [4.78, 5) is 26.5. The van der Waals surface area contributed by atoms with E-state index in [9.17, 15) is 14.0 Å². The van der Waals surface area contributed by atoms with E-state index in [0.29, 0.717) is 43.3 Å². The predicted molar refractivity (Wildman–Crippen MR) is 94.1 cm³/mol. The van der Waals surface area contributed by atoms with E-state index >= 15 is 0 Å². The molecule has 1 fully saturated rings. The monoisotopic (exact) mass is 358 g/mol. The highest BCUT2D eigenvalue weighted by atomic mass is 19.1. The highest BCUT2D eigenvalue weighted by Gasteiger charge is 2.22. The molecule has 7 heteroatoms. The second-order valence-electron chi connectivity index (χ2n) is 5.75. The van der Waals surface area contributed by atoms with Gasteiger partial charge in [-0.25, -0.2) is 4.39 Å². The number of carbonyl (C=O) groups excluding carboxylic acids is 2. The minimum Gasteiger partial charge on any atom is -0.496 e. The molecule has 6 nitrogen and oxygen atoms in total. The van der Waals surface area contributed by atoms with Crippen molar-refractivity contribution < 1.29 is 23.5 Å². The smallest absolute Gasteiger partial charge is 0.259 e. The largest absolute Gasteiger partial charge is 0.496 e. The van der Waals surface area contributed by atoms with E-state index in [2.05, 4.69) is 5.32 Å². The van der Waals surface area contributed by atoms with Crippen molar-refractivity contribution in [2.24, 2.45) is 0 Å². The van der Waals surface area contributed by atoms with Crippen molar-refractivity contribution in [2.75, 3.05) is 38.7 Å². The molecule has 0 radical (unpaired) electrons. The van der Waals surface area contributed by atoms with E-state index in [1.54, 1.807) is 24.3 Å². The van der Waals surface area contributed by atoms with Crippen LogP contribution in [0.3, 0.4) is 0 Å². The fraction of sp³-hybridized carbons (Fsp3) is 0.263.